The maximum atomic E-state index is 12.6. The molecule has 1 N–H and O–H groups in total. The monoisotopic (exact) mass is 269 g/mol. The fourth-order valence-corrected chi connectivity index (χ4v) is 2.14. The summed E-state index contributed by atoms with van der Waals surface area (Å²) in [6.45, 7) is 1.73. The molecule has 0 aromatic heterocycles. The van der Waals surface area contributed by atoms with Gasteiger partial charge in [0, 0.05) is 13.1 Å². The van der Waals surface area contributed by atoms with Crippen molar-refractivity contribution in [3.63, 3.8) is 0 Å². The van der Waals surface area contributed by atoms with E-state index < -0.39 is 11.7 Å². The van der Waals surface area contributed by atoms with E-state index in [2.05, 4.69) is 5.43 Å². The Morgan fingerprint density at radius 3 is 2.42 bits per heavy atom. The van der Waals surface area contributed by atoms with Crippen LogP contribution in [-0.4, -0.2) is 18.1 Å². The van der Waals surface area contributed by atoms with Gasteiger partial charge >= 0.3 is 6.18 Å². The van der Waals surface area contributed by atoms with Gasteiger partial charge in [-0.15, -0.1) is 0 Å². The minimum atomic E-state index is -4.49. The summed E-state index contributed by atoms with van der Waals surface area (Å²) in [6.07, 6.45) is -1.18. The smallest absolute Gasteiger partial charge is 0.319 e. The second-order valence-corrected chi connectivity index (χ2v) is 4.53. The molecule has 0 unspecified atom stereocenters. The minimum Gasteiger partial charge on any atom is -0.319 e. The van der Waals surface area contributed by atoms with E-state index in [9.17, 15) is 13.2 Å². The molecule has 0 spiro atoms. The maximum absolute atomic E-state index is 12.6. The Hall–Kier alpha value is -1.74. The summed E-state index contributed by atoms with van der Waals surface area (Å²) in [4.78, 5) is 0. The molecule has 19 heavy (non-hydrogen) atoms. The van der Waals surface area contributed by atoms with Gasteiger partial charge in [-0.1, -0.05) is 6.42 Å². The first kappa shape index (κ1) is 13.7. The first-order valence-electron chi connectivity index (χ1n) is 6.13. The van der Waals surface area contributed by atoms with Gasteiger partial charge in [-0.3, -0.25) is 0 Å². The number of alkyl halides is 3. The molecule has 1 aromatic carbocycles. The minimum absolute atomic E-state index is 0.352. The van der Waals surface area contributed by atoms with E-state index in [1.165, 1.54) is 18.6 Å². The molecule has 0 radical (unpaired) electrons. The Morgan fingerprint density at radius 2 is 1.84 bits per heavy atom. The van der Waals surface area contributed by atoms with Gasteiger partial charge in [-0.25, -0.2) is 5.01 Å². The van der Waals surface area contributed by atoms with E-state index in [0.717, 1.165) is 32.0 Å². The van der Waals surface area contributed by atoms with Crippen LogP contribution in [0.2, 0.25) is 0 Å². The van der Waals surface area contributed by atoms with Gasteiger partial charge in [0.2, 0.25) is 0 Å². The lowest BCUT2D eigenvalue weighted by molar-refractivity contribution is -0.137. The van der Waals surface area contributed by atoms with Crippen molar-refractivity contribution in [1.82, 2.24) is 5.01 Å². The van der Waals surface area contributed by atoms with Crippen molar-refractivity contribution in [2.75, 3.05) is 18.5 Å². The topological polar surface area (TPSA) is 39.1 Å². The summed E-state index contributed by atoms with van der Waals surface area (Å²) < 4.78 is 37.9. The van der Waals surface area contributed by atoms with Gasteiger partial charge in [-0.2, -0.15) is 18.4 Å². The standard InChI is InChI=1S/C13H14F3N3/c14-13(15,16)12-5-4-11(8-10(12)9-17)18-19-6-2-1-3-7-19/h4-5,8,18H,1-3,6-7H2. The van der Waals surface area contributed by atoms with Gasteiger partial charge in [0.05, 0.1) is 22.9 Å². The van der Waals surface area contributed by atoms with Crippen LogP contribution in [0.5, 0.6) is 0 Å². The van der Waals surface area contributed by atoms with E-state index in [4.69, 9.17) is 5.26 Å². The maximum Gasteiger partial charge on any atom is 0.417 e. The number of piperidine rings is 1. The normalized spacial score (nSPS) is 16.9. The Morgan fingerprint density at radius 1 is 1.16 bits per heavy atom. The molecule has 0 atom stereocenters. The van der Waals surface area contributed by atoms with Crippen LogP contribution in [0.1, 0.15) is 30.4 Å². The van der Waals surface area contributed by atoms with Crippen molar-refractivity contribution < 1.29 is 13.2 Å². The van der Waals surface area contributed by atoms with Crippen molar-refractivity contribution in [2.45, 2.75) is 25.4 Å². The van der Waals surface area contributed by atoms with Crippen molar-refractivity contribution in [1.29, 1.82) is 5.26 Å². The second-order valence-electron chi connectivity index (χ2n) is 4.53. The molecule has 1 saturated heterocycles. The van der Waals surface area contributed by atoms with Gasteiger partial charge < -0.3 is 5.43 Å². The zero-order chi connectivity index (χ0) is 13.9. The molecule has 1 fully saturated rings. The van der Waals surface area contributed by atoms with Crippen molar-refractivity contribution in [3.05, 3.63) is 29.3 Å². The highest BCUT2D eigenvalue weighted by Gasteiger charge is 2.33. The van der Waals surface area contributed by atoms with Gasteiger partial charge in [-0.05, 0) is 31.0 Å². The number of anilines is 1. The number of benzene rings is 1. The molecule has 6 heteroatoms. The SMILES string of the molecule is N#Cc1cc(NN2CCCCC2)ccc1C(F)(F)F. The number of halogens is 3. The first-order chi connectivity index (χ1) is 9.00. The van der Waals surface area contributed by atoms with Gasteiger partial charge in [0.1, 0.15) is 0 Å². The molecule has 1 aliphatic rings. The predicted octanol–water partition coefficient (Wildman–Crippen LogP) is 3.39. The van der Waals surface area contributed by atoms with Crippen molar-refractivity contribution in [3.8, 4) is 6.07 Å². The van der Waals surface area contributed by atoms with Crippen LogP contribution in [0.4, 0.5) is 18.9 Å². The number of hydrogen-bond acceptors (Lipinski definition) is 3. The zero-order valence-corrected chi connectivity index (χ0v) is 10.3. The molecule has 1 heterocycles. The highest BCUT2D eigenvalue weighted by Crippen LogP contribution is 2.33. The van der Waals surface area contributed by atoms with E-state index in [0.29, 0.717) is 5.69 Å². The Balaban J connectivity index is 2.17. The lowest BCUT2D eigenvalue weighted by Gasteiger charge is -2.28. The summed E-state index contributed by atoms with van der Waals surface area (Å²) in [5, 5.41) is 10.8. The second kappa shape index (κ2) is 5.49. The molecule has 1 aliphatic heterocycles. The molecule has 2 rings (SSSR count). The molecule has 0 amide bonds. The Kier molecular flexibility index (Phi) is 3.96. The van der Waals surface area contributed by atoms with Crippen LogP contribution in [0, 0.1) is 11.3 Å². The van der Waals surface area contributed by atoms with Crippen LogP contribution in [0.25, 0.3) is 0 Å². The zero-order valence-electron chi connectivity index (χ0n) is 10.3. The number of nitriles is 1. The van der Waals surface area contributed by atoms with Crippen LogP contribution in [-0.2, 0) is 6.18 Å². The fraction of sp³-hybridized carbons (Fsp3) is 0.462. The molecule has 0 bridgehead atoms. The summed E-state index contributed by atoms with van der Waals surface area (Å²) >= 11 is 0. The third-order valence-corrected chi connectivity index (χ3v) is 3.09. The molecule has 102 valence electrons. The van der Waals surface area contributed by atoms with Crippen LogP contribution < -0.4 is 5.43 Å². The lowest BCUT2D eigenvalue weighted by Crippen LogP contribution is -2.34. The number of rotatable bonds is 2. The molecule has 3 nitrogen and oxygen atoms in total. The molecule has 1 aromatic rings. The van der Waals surface area contributed by atoms with Gasteiger partial charge in [0.15, 0.2) is 0 Å². The van der Waals surface area contributed by atoms with Gasteiger partial charge in [0.25, 0.3) is 0 Å². The highest BCUT2D eigenvalue weighted by atomic mass is 19.4. The summed E-state index contributed by atoms with van der Waals surface area (Å²) in [5.41, 5.74) is 2.33. The largest absolute Gasteiger partial charge is 0.417 e. The van der Waals surface area contributed by atoms with Crippen molar-refractivity contribution >= 4 is 5.69 Å². The Bertz CT molecular complexity index is 485. The van der Waals surface area contributed by atoms with Crippen molar-refractivity contribution in [2.24, 2.45) is 0 Å². The summed E-state index contributed by atoms with van der Waals surface area (Å²) in [5.74, 6) is 0. The summed E-state index contributed by atoms with van der Waals surface area (Å²) in [6, 6.07) is 5.16. The Labute approximate surface area is 109 Å². The summed E-state index contributed by atoms with van der Waals surface area (Å²) in [7, 11) is 0. The molecular formula is C13H14F3N3. The third-order valence-electron chi connectivity index (χ3n) is 3.09. The van der Waals surface area contributed by atoms with E-state index in [1.54, 1.807) is 6.07 Å². The number of hydrogen-bond donors (Lipinski definition) is 1. The predicted molar refractivity (Wildman–Crippen MR) is 65.2 cm³/mol. The van der Waals surface area contributed by atoms with E-state index in [1.807, 2.05) is 5.01 Å². The number of nitrogens with zero attached hydrogens (tertiary/aromatic N) is 2. The van der Waals surface area contributed by atoms with E-state index >= 15 is 0 Å². The fourth-order valence-electron chi connectivity index (χ4n) is 2.14. The number of hydrazine groups is 1. The third kappa shape index (κ3) is 3.38. The molecule has 0 saturated carbocycles. The van der Waals surface area contributed by atoms with Crippen LogP contribution in [0.15, 0.2) is 18.2 Å². The quantitative estimate of drug-likeness (QED) is 0.894. The average molecular weight is 269 g/mol. The van der Waals surface area contributed by atoms with E-state index in [-0.39, 0.29) is 5.56 Å². The molecular weight excluding hydrogens is 255 g/mol. The lowest BCUT2D eigenvalue weighted by atomic mass is 10.1. The van der Waals surface area contributed by atoms with Crippen LogP contribution >= 0.6 is 0 Å². The number of nitrogens with one attached hydrogen (secondary N) is 1. The van der Waals surface area contributed by atoms with Crippen LogP contribution in [0.3, 0.4) is 0 Å². The molecule has 0 aliphatic carbocycles. The average Bonchev–Trinajstić information content (AvgIpc) is 2.38. The first-order valence-corrected chi connectivity index (χ1v) is 6.13. The highest BCUT2D eigenvalue weighted by molar-refractivity contribution is 5.53.